The molecule has 1 saturated heterocycles. The number of nitrogens with one attached hydrogen (secondary N) is 1. The van der Waals surface area contributed by atoms with Gasteiger partial charge in [-0.05, 0) is 0 Å². The molecule has 0 radical (unpaired) electrons. The zero-order valence-electron chi connectivity index (χ0n) is 10.1. The highest BCUT2D eigenvalue weighted by atomic mass is 16.5. The van der Waals surface area contributed by atoms with Crippen LogP contribution in [0.1, 0.15) is 6.42 Å². The van der Waals surface area contributed by atoms with Crippen molar-refractivity contribution in [2.45, 2.75) is 12.0 Å². The maximum absolute atomic E-state index is 11.9. The first-order valence-corrected chi connectivity index (χ1v) is 5.66. The Morgan fingerprint density at radius 2 is 2.28 bits per heavy atom. The lowest BCUT2D eigenvalue weighted by molar-refractivity contribution is -0.144. The molecule has 1 unspecified atom stereocenters. The van der Waals surface area contributed by atoms with Crippen LogP contribution >= 0.6 is 0 Å². The number of carboxylic acid groups (broad SMARTS) is 1. The van der Waals surface area contributed by atoms with Gasteiger partial charge < -0.3 is 25.2 Å². The number of nitrogens with zero attached hydrogens (tertiary/aromatic N) is 1. The van der Waals surface area contributed by atoms with E-state index in [1.54, 1.807) is 0 Å². The second-order valence-corrected chi connectivity index (χ2v) is 4.08. The minimum Gasteiger partial charge on any atom is -0.479 e. The molecule has 0 aliphatic carbocycles. The fourth-order valence-electron chi connectivity index (χ4n) is 1.72. The molecule has 0 spiro atoms. The summed E-state index contributed by atoms with van der Waals surface area (Å²) in [6.07, 6.45) is 1.74. The Morgan fingerprint density at radius 1 is 1.56 bits per heavy atom. The van der Waals surface area contributed by atoms with Crippen LogP contribution in [0.25, 0.3) is 0 Å². The second-order valence-electron chi connectivity index (χ2n) is 4.08. The molecule has 0 aromatic carbocycles. The Balaban J connectivity index is 2.70. The summed E-state index contributed by atoms with van der Waals surface area (Å²) < 4.78 is 5.04. The third kappa shape index (κ3) is 3.21. The van der Waals surface area contributed by atoms with Gasteiger partial charge >= 0.3 is 12.0 Å². The van der Waals surface area contributed by atoms with E-state index in [1.807, 2.05) is 0 Å². The monoisotopic (exact) mass is 258 g/mol. The average molecular weight is 258 g/mol. The van der Waals surface area contributed by atoms with E-state index in [0.29, 0.717) is 6.61 Å². The van der Waals surface area contributed by atoms with Gasteiger partial charge in [0.25, 0.3) is 0 Å². The average Bonchev–Trinajstić information content (AvgIpc) is 2.78. The van der Waals surface area contributed by atoms with Crippen molar-refractivity contribution >= 4 is 12.0 Å². The summed E-state index contributed by atoms with van der Waals surface area (Å²) in [5.41, 5.74) is -1.37. The van der Waals surface area contributed by atoms with E-state index in [4.69, 9.17) is 9.84 Å². The maximum Gasteiger partial charge on any atom is 0.332 e. The maximum atomic E-state index is 11.9. The van der Waals surface area contributed by atoms with Crippen molar-refractivity contribution in [3.8, 4) is 0 Å². The fraction of sp³-hybridized carbons (Fsp3) is 0.636. The molecule has 1 aliphatic rings. The van der Waals surface area contributed by atoms with E-state index >= 15 is 0 Å². The number of rotatable bonds is 6. The number of ether oxygens (including phenoxy) is 1. The molecule has 1 aliphatic heterocycles. The number of carbonyl (C=O) groups excluding carboxylic acids is 1. The number of amides is 2. The Hall–Kier alpha value is -1.60. The van der Waals surface area contributed by atoms with Gasteiger partial charge in [0.2, 0.25) is 0 Å². The molecule has 7 nitrogen and oxygen atoms in total. The lowest BCUT2D eigenvalue weighted by atomic mass is 9.99. The van der Waals surface area contributed by atoms with E-state index in [0.717, 1.165) is 0 Å². The predicted octanol–water partition coefficient (Wildman–Crippen LogP) is -0.580. The number of urea groups is 1. The van der Waals surface area contributed by atoms with Gasteiger partial charge in [0.15, 0.2) is 5.54 Å². The smallest absolute Gasteiger partial charge is 0.332 e. The summed E-state index contributed by atoms with van der Waals surface area (Å²) in [5, 5.41) is 20.5. The number of hydrogen-bond donors (Lipinski definition) is 3. The molecular formula is C11H18N2O5. The Labute approximate surface area is 105 Å². The summed E-state index contributed by atoms with van der Waals surface area (Å²) in [4.78, 5) is 24.4. The van der Waals surface area contributed by atoms with Crippen LogP contribution in [0.15, 0.2) is 12.7 Å². The highest BCUT2D eigenvalue weighted by Gasteiger charge is 2.44. The van der Waals surface area contributed by atoms with Crippen LogP contribution in [-0.4, -0.2) is 65.6 Å². The highest BCUT2D eigenvalue weighted by molar-refractivity contribution is 5.86. The molecule has 3 N–H and O–H groups in total. The normalized spacial score (nSPS) is 22.5. The number of carboxylic acids is 1. The van der Waals surface area contributed by atoms with Crippen molar-refractivity contribution in [1.82, 2.24) is 10.2 Å². The summed E-state index contributed by atoms with van der Waals surface area (Å²) in [6.45, 7) is 3.92. The molecule has 1 heterocycles. The third-order valence-electron chi connectivity index (χ3n) is 2.78. The highest BCUT2D eigenvalue weighted by Crippen LogP contribution is 2.19. The Morgan fingerprint density at radius 3 is 2.72 bits per heavy atom. The van der Waals surface area contributed by atoms with E-state index in [-0.39, 0.29) is 32.7 Å². The van der Waals surface area contributed by atoms with Crippen molar-refractivity contribution in [1.29, 1.82) is 0 Å². The third-order valence-corrected chi connectivity index (χ3v) is 2.78. The van der Waals surface area contributed by atoms with Crippen LogP contribution in [0.4, 0.5) is 4.79 Å². The van der Waals surface area contributed by atoms with Crippen LogP contribution in [0, 0.1) is 0 Å². The van der Waals surface area contributed by atoms with Gasteiger partial charge in [-0.15, -0.1) is 6.58 Å². The van der Waals surface area contributed by atoms with Crippen molar-refractivity contribution in [3.63, 3.8) is 0 Å². The van der Waals surface area contributed by atoms with Gasteiger partial charge in [-0.3, -0.25) is 0 Å². The number of hydrogen-bond acceptors (Lipinski definition) is 4. The largest absolute Gasteiger partial charge is 0.479 e. The number of carbonyl (C=O) groups is 2. The summed E-state index contributed by atoms with van der Waals surface area (Å²) in [7, 11) is 0. The molecule has 2 amide bonds. The molecule has 102 valence electrons. The standard InChI is InChI=1S/C11H18N2O5/c1-2-4-13(5-6-14)10(17)12-11(9(15)16)3-7-18-8-11/h2,14H,1,3-8H2,(H,12,17)(H,15,16). The van der Waals surface area contributed by atoms with Crippen molar-refractivity contribution in [3.05, 3.63) is 12.7 Å². The van der Waals surface area contributed by atoms with E-state index in [1.165, 1.54) is 11.0 Å². The first-order chi connectivity index (χ1) is 8.55. The first-order valence-electron chi connectivity index (χ1n) is 5.66. The van der Waals surface area contributed by atoms with Crippen LogP contribution in [0.2, 0.25) is 0 Å². The molecule has 0 aromatic heterocycles. The van der Waals surface area contributed by atoms with Crippen LogP contribution in [0.5, 0.6) is 0 Å². The minimum absolute atomic E-state index is 0.0465. The lowest BCUT2D eigenvalue weighted by Gasteiger charge is -2.28. The van der Waals surface area contributed by atoms with Gasteiger partial charge in [-0.2, -0.15) is 0 Å². The van der Waals surface area contributed by atoms with Crippen molar-refractivity contribution in [2.24, 2.45) is 0 Å². The van der Waals surface area contributed by atoms with E-state index < -0.39 is 17.5 Å². The zero-order valence-corrected chi connectivity index (χ0v) is 10.1. The van der Waals surface area contributed by atoms with Gasteiger partial charge in [0.05, 0.1) is 13.2 Å². The molecule has 1 rings (SSSR count). The molecule has 0 aromatic rings. The molecule has 18 heavy (non-hydrogen) atoms. The van der Waals surface area contributed by atoms with Crippen molar-refractivity contribution < 1.29 is 24.5 Å². The first kappa shape index (κ1) is 14.5. The lowest BCUT2D eigenvalue weighted by Crippen LogP contribution is -2.58. The summed E-state index contributed by atoms with van der Waals surface area (Å²) in [5.74, 6) is -1.11. The van der Waals surface area contributed by atoms with Crippen LogP contribution in [0.3, 0.4) is 0 Å². The number of aliphatic hydroxyl groups excluding tert-OH is 1. The number of aliphatic hydroxyl groups is 1. The zero-order chi connectivity index (χ0) is 13.6. The molecule has 0 bridgehead atoms. The fourth-order valence-corrected chi connectivity index (χ4v) is 1.72. The number of aliphatic carboxylic acids is 1. The van der Waals surface area contributed by atoms with E-state index in [2.05, 4.69) is 11.9 Å². The van der Waals surface area contributed by atoms with Gasteiger partial charge in [-0.1, -0.05) is 6.08 Å². The Bertz CT molecular complexity index is 325. The van der Waals surface area contributed by atoms with E-state index in [9.17, 15) is 14.7 Å². The summed E-state index contributed by atoms with van der Waals surface area (Å²) >= 11 is 0. The second kappa shape index (κ2) is 6.36. The minimum atomic E-state index is -1.37. The van der Waals surface area contributed by atoms with Gasteiger partial charge in [0.1, 0.15) is 0 Å². The van der Waals surface area contributed by atoms with Crippen molar-refractivity contribution in [2.75, 3.05) is 32.9 Å². The SMILES string of the molecule is C=CCN(CCO)C(=O)NC1(C(=O)O)CCOC1. The molecule has 7 heteroatoms. The molecule has 1 fully saturated rings. The van der Waals surface area contributed by atoms with Crippen LogP contribution in [-0.2, 0) is 9.53 Å². The topological polar surface area (TPSA) is 99.1 Å². The molecule has 0 saturated carbocycles. The van der Waals surface area contributed by atoms with Crippen LogP contribution < -0.4 is 5.32 Å². The predicted molar refractivity (Wildman–Crippen MR) is 63.2 cm³/mol. The van der Waals surface area contributed by atoms with Gasteiger partial charge in [-0.25, -0.2) is 9.59 Å². The molecular weight excluding hydrogens is 240 g/mol. The quantitative estimate of drug-likeness (QED) is 0.554. The Kier molecular flexibility index (Phi) is 5.11. The molecule has 1 atom stereocenters. The summed E-state index contributed by atoms with van der Waals surface area (Å²) in [6, 6.07) is -0.545. The van der Waals surface area contributed by atoms with Gasteiger partial charge in [0, 0.05) is 26.1 Å².